The molecule has 7 nitrogen and oxygen atoms in total. The average molecular weight is 427 g/mol. The predicted octanol–water partition coefficient (Wildman–Crippen LogP) is 2.79. The lowest BCUT2D eigenvalue weighted by atomic mass is 10.1. The van der Waals surface area contributed by atoms with Crippen LogP contribution in [0.5, 0.6) is 5.75 Å². The maximum atomic E-state index is 8.93. The second-order valence-electron chi connectivity index (χ2n) is 6.71. The summed E-state index contributed by atoms with van der Waals surface area (Å²) in [6.07, 6.45) is 2.25. The van der Waals surface area contributed by atoms with Crippen LogP contribution < -0.4 is 15.1 Å². The van der Waals surface area contributed by atoms with Crippen LogP contribution in [0.4, 0.5) is 5.69 Å². The lowest BCUT2D eigenvalue weighted by Crippen LogP contribution is -2.51. The Morgan fingerprint density at radius 3 is 2.72 bits per heavy atom. The number of benzene rings is 1. The molecule has 4 rings (SSSR count). The van der Waals surface area contributed by atoms with Crippen molar-refractivity contribution in [3.63, 3.8) is 0 Å². The van der Waals surface area contributed by atoms with E-state index in [1.54, 1.807) is 12.3 Å². The molecule has 0 unspecified atom stereocenters. The van der Waals surface area contributed by atoms with Crippen molar-refractivity contribution >= 4 is 40.3 Å². The Bertz CT molecular complexity index is 979. The van der Waals surface area contributed by atoms with Crippen molar-refractivity contribution in [1.82, 2.24) is 15.3 Å². The number of nitriles is 1. The Morgan fingerprint density at radius 1 is 1.24 bits per heavy atom. The third-order valence-corrected chi connectivity index (χ3v) is 5.46. The zero-order valence-electron chi connectivity index (χ0n) is 15.6. The monoisotopic (exact) mass is 426 g/mol. The fourth-order valence-corrected chi connectivity index (χ4v) is 3.71. The third kappa shape index (κ3) is 4.42. The Morgan fingerprint density at radius 2 is 2.00 bits per heavy atom. The van der Waals surface area contributed by atoms with E-state index < -0.39 is 0 Å². The number of ether oxygens (including phenoxy) is 1. The van der Waals surface area contributed by atoms with Gasteiger partial charge in [-0.15, -0.1) is 0 Å². The lowest BCUT2D eigenvalue weighted by Gasteiger charge is -2.37. The summed E-state index contributed by atoms with van der Waals surface area (Å²) in [5.74, 6) is 0.645. The molecule has 2 aromatic rings. The highest BCUT2D eigenvalue weighted by molar-refractivity contribution is 7.80. The summed E-state index contributed by atoms with van der Waals surface area (Å²) in [5, 5.41) is 14.5. The molecule has 3 heterocycles. The number of piperazine rings is 1. The van der Waals surface area contributed by atoms with Gasteiger partial charge in [-0.1, -0.05) is 11.6 Å². The standard InChI is InChI=1S/C20H19ClN6OS/c21-15-11-18-19(23-13-15)17(5-10-28-18)24-25-20(29)27-8-6-26(7-9-27)16-3-1-14(12-22)2-4-16/h1-4,11,13H,5-10H2,(H,25,29)/b24-17-. The normalized spacial score (nSPS) is 17.3. The Kier molecular flexibility index (Phi) is 5.79. The van der Waals surface area contributed by atoms with Gasteiger partial charge < -0.3 is 14.5 Å². The zero-order chi connectivity index (χ0) is 20.2. The number of hydrogen-bond acceptors (Lipinski definition) is 6. The van der Waals surface area contributed by atoms with Gasteiger partial charge in [-0.2, -0.15) is 10.4 Å². The van der Waals surface area contributed by atoms with Crippen molar-refractivity contribution < 1.29 is 4.74 Å². The molecule has 0 radical (unpaired) electrons. The molecule has 9 heteroatoms. The number of fused-ring (bicyclic) bond motifs is 1. The number of nitrogens with one attached hydrogen (secondary N) is 1. The van der Waals surface area contributed by atoms with Gasteiger partial charge in [-0.3, -0.25) is 5.43 Å². The van der Waals surface area contributed by atoms with E-state index in [9.17, 15) is 0 Å². The van der Waals surface area contributed by atoms with Crippen molar-refractivity contribution in [2.24, 2.45) is 5.10 Å². The van der Waals surface area contributed by atoms with E-state index in [-0.39, 0.29) is 0 Å². The quantitative estimate of drug-likeness (QED) is 0.584. The van der Waals surface area contributed by atoms with E-state index in [1.807, 2.05) is 24.3 Å². The molecule has 148 valence electrons. The highest BCUT2D eigenvalue weighted by Gasteiger charge is 2.21. The minimum Gasteiger partial charge on any atom is -0.491 e. The van der Waals surface area contributed by atoms with Crippen LogP contribution in [0.2, 0.25) is 5.02 Å². The minimum atomic E-state index is 0.533. The van der Waals surface area contributed by atoms with Crippen LogP contribution in [0.1, 0.15) is 17.7 Å². The van der Waals surface area contributed by atoms with Gasteiger partial charge in [-0.05, 0) is 36.5 Å². The molecule has 0 spiro atoms. The molecular formula is C20H19ClN6OS. The van der Waals surface area contributed by atoms with Gasteiger partial charge in [0.1, 0.15) is 11.4 Å². The summed E-state index contributed by atoms with van der Waals surface area (Å²) < 4.78 is 5.60. The second-order valence-corrected chi connectivity index (χ2v) is 7.53. The summed E-state index contributed by atoms with van der Waals surface area (Å²) >= 11 is 11.5. The lowest BCUT2D eigenvalue weighted by molar-refractivity contribution is 0.318. The van der Waals surface area contributed by atoms with Gasteiger partial charge in [0, 0.05) is 50.6 Å². The summed E-state index contributed by atoms with van der Waals surface area (Å²) in [6, 6.07) is 11.6. The van der Waals surface area contributed by atoms with Crippen molar-refractivity contribution in [2.45, 2.75) is 6.42 Å². The van der Waals surface area contributed by atoms with E-state index >= 15 is 0 Å². The van der Waals surface area contributed by atoms with Crippen LogP contribution in [0, 0.1) is 11.3 Å². The number of hydrogen-bond donors (Lipinski definition) is 1. The smallest absolute Gasteiger partial charge is 0.189 e. The predicted molar refractivity (Wildman–Crippen MR) is 117 cm³/mol. The molecule has 0 atom stereocenters. The van der Waals surface area contributed by atoms with Crippen LogP contribution in [0.3, 0.4) is 0 Å². The summed E-state index contributed by atoms with van der Waals surface area (Å²) in [4.78, 5) is 8.73. The molecule has 2 aliphatic rings. The Hall–Kier alpha value is -2.89. The molecule has 0 aliphatic carbocycles. The average Bonchev–Trinajstić information content (AvgIpc) is 2.77. The molecule has 0 saturated carbocycles. The first-order valence-corrected chi connectivity index (χ1v) is 10.1. The number of thiocarbonyl (C=S) groups is 1. The van der Waals surface area contributed by atoms with Gasteiger partial charge in [0.05, 0.1) is 29.0 Å². The Labute approximate surface area is 179 Å². The van der Waals surface area contributed by atoms with E-state index in [4.69, 9.17) is 33.8 Å². The first-order chi connectivity index (χ1) is 14.1. The molecule has 1 N–H and O–H groups in total. The van der Waals surface area contributed by atoms with E-state index in [1.165, 1.54) is 0 Å². The Balaban J connectivity index is 1.35. The van der Waals surface area contributed by atoms with Gasteiger partial charge >= 0.3 is 0 Å². The highest BCUT2D eigenvalue weighted by Crippen LogP contribution is 2.26. The second kappa shape index (κ2) is 8.64. The van der Waals surface area contributed by atoms with Crippen molar-refractivity contribution in [1.29, 1.82) is 5.26 Å². The summed E-state index contributed by atoms with van der Waals surface area (Å²) in [6.45, 7) is 3.82. The molecule has 1 fully saturated rings. The number of hydrazone groups is 1. The maximum Gasteiger partial charge on any atom is 0.189 e. The van der Waals surface area contributed by atoms with E-state index in [0.29, 0.717) is 40.2 Å². The van der Waals surface area contributed by atoms with Crippen LogP contribution in [0.25, 0.3) is 0 Å². The maximum absolute atomic E-state index is 8.93. The molecule has 1 aromatic heterocycles. The minimum absolute atomic E-state index is 0.533. The largest absolute Gasteiger partial charge is 0.491 e. The molecular weight excluding hydrogens is 408 g/mol. The first-order valence-electron chi connectivity index (χ1n) is 9.29. The van der Waals surface area contributed by atoms with E-state index in [0.717, 1.165) is 37.6 Å². The van der Waals surface area contributed by atoms with Crippen LogP contribution in [-0.4, -0.2) is 53.5 Å². The van der Waals surface area contributed by atoms with Gasteiger partial charge in [0.25, 0.3) is 0 Å². The molecule has 0 bridgehead atoms. The molecule has 0 amide bonds. The van der Waals surface area contributed by atoms with Crippen molar-refractivity contribution in [2.75, 3.05) is 37.7 Å². The summed E-state index contributed by atoms with van der Waals surface area (Å²) in [7, 11) is 0. The van der Waals surface area contributed by atoms with E-state index in [2.05, 4.69) is 31.4 Å². The number of nitrogens with zero attached hydrogens (tertiary/aromatic N) is 5. The van der Waals surface area contributed by atoms with Gasteiger partial charge in [0.2, 0.25) is 0 Å². The van der Waals surface area contributed by atoms with Crippen LogP contribution >= 0.6 is 23.8 Å². The molecule has 1 aromatic carbocycles. The number of rotatable bonds is 2. The highest BCUT2D eigenvalue weighted by atomic mass is 35.5. The molecule has 2 aliphatic heterocycles. The number of pyridine rings is 1. The van der Waals surface area contributed by atoms with Gasteiger partial charge in [0.15, 0.2) is 5.11 Å². The number of anilines is 1. The number of aromatic nitrogens is 1. The fourth-order valence-electron chi connectivity index (χ4n) is 3.33. The van der Waals surface area contributed by atoms with Crippen molar-refractivity contribution in [3.05, 3.63) is 52.8 Å². The zero-order valence-corrected chi connectivity index (χ0v) is 17.2. The molecule has 29 heavy (non-hydrogen) atoms. The van der Waals surface area contributed by atoms with Gasteiger partial charge in [-0.25, -0.2) is 4.98 Å². The third-order valence-electron chi connectivity index (χ3n) is 4.90. The SMILES string of the molecule is N#Cc1ccc(N2CCN(C(=S)N/N=C3/CCOc4cc(Cl)cnc43)CC2)cc1. The van der Waals surface area contributed by atoms with Crippen LogP contribution in [-0.2, 0) is 0 Å². The first kappa shape index (κ1) is 19.4. The fraction of sp³-hybridized carbons (Fsp3) is 0.300. The van der Waals surface area contributed by atoms with Crippen molar-refractivity contribution in [3.8, 4) is 11.8 Å². The summed E-state index contributed by atoms with van der Waals surface area (Å²) in [5.41, 5.74) is 6.30. The van der Waals surface area contributed by atoms with Crippen LogP contribution in [0.15, 0.2) is 41.6 Å². The number of halogens is 1. The topological polar surface area (TPSA) is 76.8 Å². The molecule has 1 saturated heterocycles.